The van der Waals surface area contributed by atoms with Crippen molar-refractivity contribution in [2.24, 2.45) is 0 Å². The Hall–Kier alpha value is -8.42. The average molecular weight is 783 g/mol. The normalized spacial score (nSPS) is 11.3. The van der Waals surface area contributed by atoms with Crippen LogP contribution in [0.3, 0.4) is 0 Å². The van der Waals surface area contributed by atoms with Crippen molar-refractivity contribution in [3.8, 4) is 90.6 Å². The van der Waals surface area contributed by atoms with Crippen LogP contribution in [0.5, 0.6) is 0 Å². The number of nitrogens with zero attached hydrogens (tertiary/aromatic N) is 6. The summed E-state index contributed by atoms with van der Waals surface area (Å²) < 4.78 is 6.73. The van der Waals surface area contributed by atoms with Gasteiger partial charge in [-0.1, -0.05) is 206 Å². The van der Waals surface area contributed by atoms with E-state index >= 15 is 0 Å². The first-order chi connectivity index (χ1) is 30.2. The number of fused-ring (bicyclic) bond motifs is 3. The molecule has 0 saturated heterocycles. The second-order valence-corrected chi connectivity index (χ2v) is 14.7. The highest BCUT2D eigenvalue weighted by Crippen LogP contribution is 2.40. The topological polar surface area (TPSA) is 90.5 Å². The van der Waals surface area contributed by atoms with Crippen molar-refractivity contribution in [3.05, 3.63) is 206 Å². The molecule has 11 rings (SSSR count). The van der Waals surface area contributed by atoms with Gasteiger partial charge in [0.05, 0.1) is 0 Å². The van der Waals surface area contributed by atoms with E-state index in [1.807, 2.05) is 121 Å². The van der Waals surface area contributed by atoms with Crippen LogP contribution in [0.2, 0.25) is 0 Å². The number of furan rings is 1. The fourth-order valence-corrected chi connectivity index (χ4v) is 7.84. The Morgan fingerprint density at radius 3 is 0.885 bits per heavy atom. The lowest BCUT2D eigenvalue weighted by atomic mass is 9.99. The molecule has 0 amide bonds. The van der Waals surface area contributed by atoms with Gasteiger partial charge in [-0.15, -0.1) is 0 Å². The highest BCUT2D eigenvalue weighted by Gasteiger charge is 2.20. The van der Waals surface area contributed by atoms with Crippen LogP contribution in [-0.4, -0.2) is 29.9 Å². The molecule has 0 fully saturated rings. The second-order valence-electron chi connectivity index (χ2n) is 14.7. The van der Waals surface area contributed by atoms with Gasteiger partial charge in [0.1, 0.15) is 11.2 Å². The summed E-state index contributed by atoms with van der Waals surface area (Å²) in [7, 11) is 0. The van der Waals surface area contributed by atoms with Crippen LogP contribution in [0.25, 0.3) is 113 Å². The molecule has 0 spiro atoms. The summed E-state index contributed by atoms with van der Waals surface area (Å²) in [5.74, 6) is 3.29. The van der Waals surface area contributed by atoms with Crippen LogP contribution in [-0.2, 0) is 0 Å². The molecule has 0 radical (unpaired) electrons. The van der Waals surface area contributed by atoms with Gasteiger partial charge in [-0.05, 0) is 11.1 Å². The van der Waals surface area contributed by atoms with Crippen LogP contribution in [0.4, 0.5) is 0 Å². The molecule has 0 aliphatic rings. The van der Waals surface area contributed by atoms with Gasteiger partial charge in [0.15, 0.2) is 34.9 Å². The summed E-state index contributed by atoms with van der Waals surface area (Å²) in [5.41, 5.74) is 11.0. The van der Waals surface area contributed by atoms with E-state index in [0.29, 0.717) is 34.9 Å². The summed E-state index contributed by atoms with van der Waals surface area (Å²) in [4.78, 5) is 30.3. The average Bonchev–Trinajstić information content (AvgIpc) is 3.74. The fourth-order valence-electron chi connectivity index (χ4n) is 7.84. The van der Waals surface area contributed by atoms with Gasteiger partial charge >= 0.3 is 0 Å². The zero-order chi connectivity index (χ0) is 40.5. The first-order valence-corrected chi connectivity index (χ1v) is 20.1. The Morgan fingerprint density at radius 2 is 0.492 bits per heavy atom. The van der Waals surface area contributed by atoms with Crippen LogP contribution in [0, 0.1) is 0 Å². The molecule has 0 bridgehead atoms. The highest BCUT2D eigenvalue weighted by molar-refractivity contribution is 6.13. The molecule has 3 aromatic heterocycles. The molecule has 0 aliphatic carbocycles. The third-order valence-corrected chi connectivity index (χ3v) is 10.8. The first-order valence-electron chi connectivity index (χ1n) is 20.1. The Morgan fingerprint density at radius 1 is 0.213 bits per heavy atom. The van der Waals surface area contributed by atoms with E-state index in [1.54, 1.807) is 0 Å². The highest BCUT2D eigenvalue weighted by atomic mass is 16.3. The number of benzene rings is 8. The van der Waals surface area contributed by atoms with Gasteiger partial charge in [0.25, 0.3) is 0 Å². The molecule has 0 unspecified atom stereocenters. The van der Waals surface area contributed by atoms with Gasteiger partial charge in [0, 0.05) is 55.3 Å². The minimum absolute atomic E-state index is 0.507. The van der Waals surface area contributed by atoms with Crippen LogP contribution >= 0.6 is 0 Å². The summed E-state index contributed by atoms with van der Waals surface area (Å²) in [6, 6.07) is 69.3. The van der Waals surface area contributed by atoms with Crippen molar-refractivity contribution in [1.29, 1.82) is 0 Å². The number of hydrogen-bond acceptors (Lipinski definition) is 7. The van der Waals surface area contributed by atoms with E-state index in [1.165, 1.54) is 0 Å². The molecule has 7 heteroatoms. The molecule has 11 aromatic rings. The van der Waals surface area contributed by atoms with Gasteiger partial charge in [0.2, 0.25) is 0 Å². The monoisotopic (exact) mass is 782 g/mol. The summed E-state index contributed by atoms with van der Waals surface area (Å²) >= 11 is 0. The molecule has 7 nitrogen and oxygen atoms in total. The van der Waals surface area contributed by atoms with Crippen LogP contribution < -0.4 is 0 Å². The first kappa shape index (κ1) is 35.7. The Kier molecular flexibility index (Phi) is 9.02. The standard InChI is InChI=1S/C54H34N6O/c1-5-17-35(18-6-1)41-27-15-29-43-44-30-16-28-42(48(44)61-47(41)43)36-31-33-40(34-32-36)52-56-51(39-23-11-4-12-24-39)59-54(60-52)46-26-14-13-25-45(46)53-57-49(37-19-7-2-8-20-37)55-50(58-53)38-21-9-3-10-22-38/h1-34H. The van der Waals surface area contributed by atoms with E-state index in [9.17, 15) is 0 Å². The lowest BCUT2D eigenvalue weighted by Crippen LogP contribution is -2.03. The van der Waals surface area contributed by atoms with Crippen molar-refractivity contribution < 1.29 is 4.42 Å². The summed E-state index contributed by atoms with van der Waals surface area (Å²) in [6.45, 7) is 0. The van der Waals surface area contributed by atoms with Crippen LogP contribution in [0.1, 0.15) is 0 Å². The molecule has 3 heterocycles. The zero-order valence-electron chi connectivity index (χ0n) is 32.7. The van der Waals surface area contributed by atoms with E-state index in [0.717, 1.165) is 77.6 Å². The van der Waals surface area contributed by atoms with Gasteiger partial charge in [-0.3, -0.25) is 0 Å². The minimum atomic E-state index is 0.507. The number of hydrogen-bond donors (Lipinski definition) is 0. The van der Waals surface area contributed by atoms with Crippen molar-refractivity contribution in [2.45, 2.75) is 0 Å². The maximum absolute atomic E-state index is 6.73. The molecular weight excluding hydrogens is 749 g/mol. The largest absolute Gasteiger partial charge is 0.455 e. The van der Waals surface area contributed by atoms with Crippen molar-refractivity contribution in [2.75, 3.05) is 0 Å². The Bertz CT molecular complexity index is 3280. The third kappa shape index (κ3) is 6.80. The predicted octanol–water partition coefficient (Wildman–Crippen LogP) is 13.3. The van der Waals surface area contributed by atoms with E-state index in [4.69, 9.17) is 34.3 Å². The third-order valence-electron chi connectivity index (χ3n) is 10.8. The summed E-state index contributed by atoms with van der Waals surface area (Å²) in [6.07, 6.45) is 0. The van der Waals surface area contributed by atoms with Gasteiger partial charge in [-0.2, -0.15) is 0 Å². The quantitative estimate of drug-likeness (QED) is 0.152. The Balaban J connectivity index is 1.03. The second kappa shape index (κ2) is 15.4. The molecule has 0 atom stereocenters. The molecule has 286 valence electrons. The van der Waals surface area contributed by atoms with Crippen LogP contribution in [0.15, 0.2) is 211 Å². The molecular formula is C54H34N6O. The number of para-hydroxylation sites is 2. The van der Waals surface area contributed by atoms with Crippen molar-refractivity contribution in [1.82, 2.24) is 29.9 Å². The van der Waals surface area contributed by atoms with E-state index < -0.39 is 0 Å². The van der Waals surface area contributed by atoms with E-state index in [-0.39, 0.29) is 0 Å². The molecule has 8 aromatic carbocycles. The Labute approximate surface area is 351 Å². The van der Waals surface area contributed by atoms with Crippen molar-refractivity contribution >= 4 is 21.9 Å². The lowest BCUT2D eigenvalue weighted by Gasteiger charge is -2.13. The predicted molar refractivity (Wildman–Crippen MR) is 244 cm³/mol. The number of aromatic nitrogens is 6. The van der Waals surface area contributed by atoms with Gasteiger partial charge in [-0.25, -0.2) is 29.9 Å². The van der Waals surface area contributed by atoms with Crippen molar-refractivity contribution in [3.63, 3.8) is 0 Å². The molecule has 0 saturated carbocycles. The smallest absolute Gasteiger partial charge is 0.164 e. The maximum Gasteiger partial charge on any atom is 0.164 e. The zero-order valence-corrected chi connectivity index (χ0v) is 32.7. The lowest BCUT2D eigenvalue weighted by molar-refractivity contribution is 0.671. The summed E-state index contributed by atoms with van der Waals surface area (Å²) in [5, 5.41) is 2.17. The van der Waals surface area contributed by atoms with E-state index in [2.05, 4.69) is 84.9 Å². The maximum atomic E-state index is 6.73. The number of rotatable bonds is 8. The minimum Gasteiger partial charge on any atom is -0.455 e. The van der Waals surface area contributed by atoms with Gasteiger partial charge < -0.3 is 4.42 Å². The molecule has 61 heavy (non-hydrogen) atoms. The fraction of sp³-hybridized carbons (Fsp3) is 0. The SMILES string of the molecule is c1ccc(-c2nc(-c3ccccc3)nc(-c3ccccc3-c3nc(-c4ccccc4)nc(-c4ccc(-c5cccc6c5oc5c(-c7ccccc7)cccc56)cc4)n3)n2)cc1. The molecule has 0 aliphatic heterocycles. The molecule has 0 N–H and O–H groups in total.